The van der Waals surface area contributed by atoms with Crippen LogP contribution in [0.1, 0.15) is 72.0 Å². The van der Waals surface area contributed by atoms with Crippen LogP contribution in [0.25, 0.3) is 0 Å². The minimum absolute atomic E-state index is 0.144. The van der Waals surface area contributed by atoms with Crippen molar-refractivity contribution >= 4 is 10.0 Å². The number of aromatic nitrogens is 3. The molecule has 1 heterocycles. The van der Waals surface area contributed by atoms with Crippen LogP contribution in [0.3, 0.4) is 0 Å². The van der Waals surface area contributed by atoms with Crippen LogP contribution in [0.15, 0.2) is 5.16 Å². The lowest BCUT2D eigenvalue weighted by Crippen LogP contribution is -2.31. The maximum absolute atomic E-state index is 11.7. The zero-order chi connectivity index (χ0) is 15.6. The summed E-state index contributed by atoms with van der Waals surface area (Å²) in [7, 11) is -3.87. The van der Waals surface area contributed by atoms with Crippen molar-refractivity contribution in [3.05, 3.63) is 5.82 Å². The molecule has 6 nitrogen and oxygen atoms in total. The quantitative estimate of drug-likeness (QED) is 0.873. The summed E-state index contributed by atoms with van der Waals surface area (Å²) in [5.74, 6) is 0.926. The normalized spacial score (nSPS) is 14.5. The Morgan fingerprint density at radius 1 is 1.25 bits per heavy atom. The van der Waals surface area contributed by atoms with E-state index in [1.807, 2.05) is 20.8 Å². The van der Waals surface area contributed by atoms with Crippen molar-refractivity contribution < 1.29 is 8.42 Å². The average molecular weight is 302 g/mol. The molecule has 1 unspecified atom stereocenters. The van der Waals surface area contributed by atoms with Crippen molar-refractivity contribution in [3.63, 3.8) is 0 Å². The minimum Gasteiger partial charge on any atom is -0.295 e. The van der Waals surface area contributed by atoms with Gasteiger partial charge in [-0.25, -0.2) is 13.6 Å². The van der Waals surface area contributed by atoms with Gasteiger partial charge in [0.2, 0.25) is 0 Å². The molecule has 1 aromatic rings. The lowest BCUT2D eigenvalue weighted by molar-refractivity contribution is 0.335. The van der Waals surface area contributed by atoms with E-state index in [2.05, 4.69) is 24.0 Å². The zero-order valence-corrected chi connectivity index (χ0v) is 13.9. The monoisotopic (exact) mass is 302 g/mol. The van der Waals surface area contributed by atoms with Crippen molar-refractivity contribution in [2.75, 3.05) is 0 Å². The van der Waals surface area contributed by atoms with E-state index in [0.717, 1.165) is 31.5 Å². The molecule has 0 aliphatic heterocycles. The molecular formula is C13H26N4O2S. The van der Waals surface area contributed by atoms with E-state index in [1.54, 1.807) is 4.57 Å². The van der Waals surface area contributed by atoms with Gasteiger partial charge in [0.1, 0.15) is 5.82 Å². The topological polar surface area (TPSA) is 90.9 Å². The number of nitrogens with two attached hydrogens (primary N) is 1. The van der Waals surface area contributed by atoms with Gasteiger partial charge in [-0.3, -0.25) is 4.57 Å². The van der Waals surface area contributed by atoms with E-state index in [-0.39, 0.29) is 11.1 Å². The van der Waals surface area contributed by atoms with E-state index in [9.17, 15) is 8.42 Å². The first kappa shape index (κ1) is 17.1. The standard InChI is InChI=1S/C13H26N4O2S/c1-6-8-9-10(7-2)11-15-16-12(20(14,18)19)17(11)13(3,4)5/h10H,6-9H2,1-5H3,(H2,14,18,19). The van der Waals surface area contributed by atoms with Gasteiger partial charge in [-0.05, 0) is 33.6 Å². The van der Waals surface area contributed by atoms with Gasteiger partial charge < -0.3 is 0 Å². The van der Waals surface area contributed by atoms with Gasteiger partial charge in [-0.1, -0.05) is 26.7 Å². The molecule has 20 heavy (non-hydrogen) atoms. The lowest BCUT2D eigenvalue weighted by Gasteiger charge is -2.27. The molecule has 0 aliphatic rings. The summed E-state index contributed by atoms with van der Waals surface area (Å²) < 4.78 is 25.1. The van der Waals surface area contributed by atoms with Gasteiger partial charge in [-0.15, -0.1) is 10.2 Å². The van der Waals surface area contributed by atoms with Crippen LogP contribution >= 0.6 is 0 Å². The summed E-state index contributed by atoms with van der Waals surface area (Å²) >= 11 is 0. The van der Waals surface area contributed by atoms with Gasteiger partial charge in [0.15, 0.2) is 0 Å². The Balaban J connectivity index is 3.37. The third kappa shape index (κ3) is 3.79. The second kappa shape index (κ2) is 6.22. The Morgan fingerprint density at radius 2 is 1.85 bits per heavy atom. The molecule has 1 atom stereocenters. The van der Waals surface area contributed by atoms with Crippen LogP contribution in [0.4, 0.5) is 0 Å². The third-order valence-corrected chi connectivity index (χ3v) is 4.12. The molecule has 2 N–H and O–H groups in total. The number of rotatable bonds is 6. The zero-order valence-electron chi connectivity index (χ0n) is 13.0. The summed E-state index contributed by atoms with van der Waals surface area (Å²) in [6.07, 6.45) is 4.06. The fraction of sp³-hybridized carbons (Fsp3) is 0.846. The van der Waals surface area contributed by atoms with Crippen LogP contribution in [-0.4, -0.2) is 23.2 Å². The smallest absolute Gasteiger partial charge is 0.273 e. The first-order valence-electron chi connectivity index (χ1n) is 7.11. The van der Waals surface area contributed by atoms with E-state index < -0.39 is 15.6 Å². The molecule has 0 saturated heterocycles. The molecule has 7 heteroatoms. The number of hydrogen-bond acceptors (Lipinski definition) is 4. The number of hydrogen-bond donors (Lipinski definition) is 1. The van der Waals surface area contributed by atoms with Crippen molar-refractivity contribution in [2.24, 2.45) is 5.14 Å². The van der Waals surface area contributed by atoms with E-state index in [0.29, 0.717) is 0 Å². The van der Waals surface area contributed by atoms with Crippen LogP contribution in [0.5, 0.6) is 0 Å². The summed E-state index contributed by atoms with van der Waals surface area (Å²) in [6, 6.07) is 0. The highest BCUT2D eigenvalue weighted by Crippen LogP contribution is 2.30. The average Bonchev–Trinajstić information content (AvgIpc) is 2.74. The lowest BCUT2D eigenvalue weighted by atomic mass is 9.97. The second-order valence-electron chi connectivity index (χ2n) is 6.14. The second-order valence-corrected chi connectivity index (χ2v) is 7.59. The highest BCUT2D eigenvalue weighted by molar-refractivity contribution is 7.89. The van der Waals surface area contributed by atoms with Crippen molar-refractivity contribution in [1.82, 2.24) is 14.8 Å². The SMILES string of the molecule is CCCCC(CC)c1nnc(S(N)(=O)=O)n1C(C)(C)C. The maximum Gasteiger partial charge on any atom is 0.273 e. The Kier molecular flexibility index (Phi) is 5.32. The Bertz CT molecular complexity index is 543. The maximum atomic E-state index is 11.7. The molecule has 0 fully saturated rings. The Hall–Kier alpha value is -0.950. The number of primary sulfonamides is 1. The van der Waals surface area contributed by atoms with Gasteiger partial charge >= 0.3 is 0 Å². The number of nitrogens with zero attached hydrogens (tertiary/aromatic N) is 3. The molecule has 0 aromatic carbocycles. The fourth-order valence-corrected chi connectivity index (χ4v) is 3.10. The molecule has 0 bridgehead atoms. The van der Waals surface area contributed by atoms with Gasteiger partial charge in [0.05, 0.1) is 0 Å². The molecule has 116 valence electrons. The molecule has 0 saturated carbocycles. The minimum atomic E-state index is -3.87. The molecule has 0 aliphatic carbocycles. The molecule has 1 rings (SSSR count). The largest absolute Gasteiger partial charge is 0.295 e. The van der Waals surface area contributed by atoms with Crippen molar-refractivity contribution in [2.45, 2.75) is 76.9 Å². The first-order valence-corrected chi connectivity index (χ1v) is 8.66. The van der Waals surface area contributed by atoms with Gasteiger partial charge in [-0.2, -0.15) is 0 Å². The van der Waals surface area contributed by atoms with Crippen LogP contribution in [-0.2, 0) is 15.6 Å². The summed E-state index contributed by atoms with van der Waals surface area (Å²) in [5, 5.41) is 13.1. The van der Waals surface area contributed by atoms with Crippen LogP contribution in [0, 0.1) is 0 Å². The third-order valence-electron chi connectivity index (χ3n) is 3.35. The van der Waals surface area contributed by atoms with E-state index >= 15 is 0 Å². The molecule has 0 amide bonds. The van der Waals surface area contributed by atoms with Crippen LogP contribution < -0.4 is 5.14 Å². The van der Waals surface area contributed by atoms with Gasteiger partial charge in [0.25, 0.3) is 15.2 Å². The van der Waals surface area contributed by atoms with Gasteiger partial charge in [0, 0.05) is 11.5 Å². The van der Waals surface area contributed by atoms with Crippen molar-refractivity contribution in [3.8, 4) is 0 Å². The van der Waals surface area contributed by atoms with E-state index in [1.165, 1.54) is 0 Å². The number of unbranched alkanes of at least 4 members (excludes halogenated alkanes) is 1. The number of sulfonamides is 1. The summed E-state index contributed by atoms with van der Waals surface area (Å²) in [5.41, 5.74) is -0.430. The fourth-order valence-electron chi connectivity index (χ4n) is 2.33. The predicted octanol–water partition coefficient (Wildman–Crippen LogP) is 2.36. The molecule has 0 spiro atoms. The Labute approximate surface area is 121 Å². The highest BCUT2D eigenvalue weighted by Gasteiger charge is 2.31. The predicted molar refractivity (Wildman–Crippen MR) is 78.9 cm³/mol. The summed E-state index contributed by atoms with van der Waals surface area (Å²) in [4.78, 5) is 0. The van der Waals surface area contributed by atoms with Crippen LogP contribution in [0.2, 0.25) is 0 Å². The first-order chi connectivity index (χ1) is 9.12. The highest BCUT2D eigenvalue weighted by atomic mass is 32.2. The molecular weight excluding hydrogens is 276 g/mol. The molecule has 1 aromatic heterocycles. The summed E-state index contributed by atoms with van der Waals surface area (Å²) in [6.45, 7) is 10.0. The van der Waals surface area contributed by atoms with E-state index in [4.69, 9.17) is 5.14 Å². The van der Waals surface area contributed by atoms with Crippen molar-refractivity contribution in [1.29, 1.82) is 0 Å². The Morgan fingerprint density at radius 3 is 2.25 bits per heavy atom. The molecule has 0 radical (unpaired) electrons.